The van der Waals surface area contributed by atoms with Crippen LogP contribution in [0.4, 0.5) is 5.95 Å². The molecule has 23 heavy (non-hydrogen) atoms. The van der Waals surface area contributed by atoms with Crippen molar-refractivity contribution in [1.82, 2.24) is 25.3 Å². The summed E-state index contributed by atoms with van der Waals surface area (Å²) < 4.78 is 0. The van der Waals surface area contributed by atoms with Crippen molar-refractivity contribution in [3.8, 4) is 0 Å². The first-order chi connectivity index (χ1) is 11.2. The summed E-state index contributed by atoms with van der Waals surface area (Å²) in [6.45, 7) is -0.550. The first kappa shape index (κ1) is 14.7. The highest BCUT2D eigenvalue weighted by Gasteiger charge is 2.22. The molecule has 0 radical (unpaired) electrons. The highest BCUT2D eigenvalue weighted by Crippen LogP contribution is 2.13. The highest BCUT2D eigenvalue weighted by atomic mass is 16.3. The third-order valence-corrected chi connectivity index (χ3v) is 3.18. The van der Waals surface area contributed by atoms with Crippen molar-refractivity contribution in [2.75, 3.05) is 11.9 Å². The van der Waals surface area contributed by atoms with Gasteiger partial charge in [0, 0.05) is 0 Å². The molecule has 0 saturated heterocycles. The maximum absolute atomic E-state index is 12.2. The van der Waals surface area contributed by atoms with Crippen LogP contribution in [0.25, 0.3) is 11.0 Å². The summed E-state index contributed by atoms with van der Waals surface area (Å²) >= 11 is 0. The van der Waals surface area contributed by atoms with Gasteiger partial charge in [-0.1, -0.05) is 12.1 Å². The Hall–Kier alpha value is -3.20. The summed E-state index contributed by atoms with van der Waals surface area (Å²) in [5, 5.41) is 14.3. The number of nitrogens with one attached hydrogen (secondary N) is 4. The van der Waals surface area contributed by atoms with Crippen molar-refractivity contribution in [1.29, 1.82) is 0 Å². The monoisotopic (exact) mass is 314 g/mol. The number of rotatable bonds is 5. The zero-order valence-electron chi connectivity index (χ0n) is 11.9. The Morgan fingerprint density at radius 3 is 2.83 bits per heavy atom. The highest BCUT2D eigenvalue weighted by molar-refractivity contribution is 6.00. The molecule has 2 aromatic heterocycles. The van der Waals surface area contributed by atoms with Crippen molar-refractivity contribution in [3.63, 3.8) is 0 Å². The molecule has 0 saturated carbocycles. The normalized spacial score (nSPS) is 12.0. The number of H-pyrrole nitrogens is 2. The molecule has 9 nitrogen and oxygen atoms in total. The van der Waals surface area contributed by atoms with Crippen molar-refractivity contribution < 1.29 is 14.7 Å². The number of benzene rings is 1. The smallest absolute Gasteiger partial charge is 0.270 e. The van der Waals surface area contributed by atoms with E-state index in [1.807, 2.05) is 18.2 Å². The van der Waals surface area contributed by atoms with Crippen LogP contribution >= 0.6 is 0 Å². The van der Waals surface area contributed by atoms with E-state index >= 15 is 0 Å². The van der Waals surface area contributed by atoms with Gasteiger partial charge in [0.2, 0.25) is 5.95 Å². The number of amides is 2. The summed E-state index contributed by atoms with van der Waals surface area (Å²) in [7, 11) is 0. The Balaban J connectivity index is 1.68. The van der Waals surface area contributed by atoms with E-state index in [4.69, 9.17) is 0 Å². The van der Waals surface area contributed by atoms with E-state index < -0.39 is 24.5 Å². The molecule has 9 heteroatoms. The Bertz CT molecular complexity index is 793. The van der Waals surface area contributed by atoms with Gasteiger partial charge in [0.05, 0.1) is 30.2 Å². The predicted octanol–water partition coefficient (Wildman–Crippen LogP) is 0.0154. The van der Waals surface area contributed by atoms with Crippen LogP contribution in [-0.2, 0) is 4.79 Å². The summed E-state index contributed by atoms with van der Waals surface area (Å²) in [6.07, 6.45) is 2.66. The molecule has 0 aliphatic heterocycles. The van der Waals surface area contributed by atoms with Gasteiger partial charge in [-0.15, -0.1) is 0 Å². The van der Waals surface area contributed by atoms with Crippen LogP contribution in [0.5, 0.6) is 0 Å². The first-order valence-corrected chi connectivity index (χ1v) is 6.83. The Labute approximate surface area is 130 Å². The lowest BCUT2D eigenvalue weighted by Gasteiger charge is -2.14. The number of anilines is 1. The number of carbonyl (C=O) groups excluding carboxylic acids is 2. The number of aliphatic hydroxyl groups is 1. The predicted molar refractivity (Wildman–Crippen MR) is 81.7 cm³/mol. The SMILES string of the molecule is O=C(NC(CO)C(=O)Nc1nc2ccccc2[nH]1)c1cnc[nH]1. The molecule has 0 bridgehead atoms. The van der Waals surface area contributed by atoms with E-state index in [9.17, 15) is 14.7 Å². The van der Waals surface area contributed by atoms with Gasteiger partial charge in [0.1, 0.15) is 11.7 Å². The molecule has 0 spiro atoms. The number of aromatic nitrogens is 4. The quantitative estimate of drug-likeness (QED) is 0.452. The number of imidazole rings is 2. The minimum absolute atomic E-state index is 0.194. The van der Waals surface area contributed by atoms with Crippen LogP contribution in [0.1, 0.15) is 10.5 Å². The number of aliphatic hydroxyl groups excluding tert-OH is 1. The van der Waals surface area contributed by atoms with Gasteiger partial charge >= 0.3 is 0 Å². The van der Waals surface area contributed by atoms with E-state index in [1.54, 1.807) is 6.07 Å². The van der Waals surface area contributed by atoms with Crippen LogP contribution in [0, 0.1) is 0 Å². The van der Waals surface area contributed by atoms with Crippen LogP contribution in [-0.4, -0.2) is 49.5 Å². The van der Waals surface area contributed by atoms with Crippen LogP contribution in [0.2, 0.25) is 0 Å². The number of nitrogens with zero attached hydrogens (tertiary/aromatic N) is 2. The Morgan fingerprint density at radius 1 is 1.30 bits per heavy atom. The number of hydrogen-bond donors (Lipinski definition) is 5. The molecule has 3 aromatic rings. The molecule has 1 atom stereocenters. The summed E-state index contributed by atoms with van der Waals surface area (Å²) in [4.78, 5) is 37.5. The fourth-order valence-corrected chi connectivity index (χ4v) is 2.03. The van der Waals surface area contributed by atoms with Crippen LogP contribution in [0.3, 0.4) is 0 Å². The van der Waals surface area contributed by atoms with Crippen molar-refractivity contribution >= 4 is 28.8 Å². The lowest BCUT2D eigenvalue weighted by Crippen LogP contribution is -2.46. The maximum Gasteiger partial charge on any atom is 0.270 e. The zero-order chi connectivity index (χ0) is 16.2. The van der Waals surface area contributed by atoms with Gasteiger partial charge in [0.25, 0.3) is 11.8 Å². The minimum Gasteiger partial charge on any atom is -0.394 e. The fraction of sp³-hybridized carbons (Fsp3) is 0.143. The molecular weight excluding hydrogens is 300 g/mol. The van der Waals surface area contributed by atoms with Gasteiger partial charge in [-0.25, -0.2) is 9.97 Å². The third kappa shape index (κ3) is 3.19. The summed E-state index contributed by atoms with van der Waals surface area (Å²) in [5.74, 6) is -0.883. The largest absolute Gasteiger partial charge is 0.394 e. The second-order valence-electron chi connectivity index (χ2n) is 4.77. The lowest BCUT2D eigenvalue weighted by atomic mass is 10.2. The first-order valence-electron chi connectivity index (χ1n) is 6.83. The molecule has 5 N–H and O–H groups in total. The van der Waals surface area contributed by atoms with Gasteiger partial charge in [-0.05, 0) is 12.1 Å². The zero-order valence-corrected chi connectivity index (χ0v) is 11.9. The average molecular weight is 314 g/mol. The minimum atomic E-state index is -1.11. The van der Waals surface area contributed by atoms with Crippen molar-refractivity contribution in [2.45, 2.75) is 6.04 Å². The molecule has 118 valence electrons. The second kappa shape index (κ2) is 6.28. The molecule has 0 aliphatic rings. The number of para-hydroxylation sites is 2. The Morgan fingerprint density at radius 2 is 2.13 bits per heavy atom. The lowest BCUT2D eigenvalue weighted by molar-refractivity contribution is -0.118. The molecule has 2 heterocycles. The Kier molecular flexibility index (Phi) is 4.02. The van der Waals surface area contributed by atoms with Crippen LogP contribution < -0.4 is 10.6 Å². The number of aromatic amines is 2. The molecule has 2 amide bonds. The fourth-order valence-electron chi connectivity index (χ4n) is 2.03. The number of carbonyl (C=O) groups is 2. The maximum atomic E-state index is 12.2. The van der Waals surface area contributed by atoms with Gasteiger partial charge < -0.3 is 20.4 Å². The van der Waals surface area contributed by atoms with Gasteiger partial charge in [-0.2, -0.15) is 0 Å². The van der Waals surface area contributed by atoms with E-state index in [2.05, 4.69) is 30.6 Å². The number of fused-ring (bicyclic) bond motifs is 1. The average Bonchev–Trinajstić information content (AvgIpc) is 3.20. The summed E-state index contributed by atoms with van der Waals surface area (Å²) in [5.41, 5.74) is 1.66. The van der Waals surface area contributed by atoms with Crippen molar-refractivity contribution in [3.05, 3.63) is 42.5 Å². The molecular formula is C14H14N6O3. The standard InChI is InChI=1S/C14H14N6O3/c21-6-11(17-12(22)10-5-15-7-16-10)13(23)20-14-18-8-3-1-2-4-9(8)19-14/h1-5,7,11,21H,6H2,(H,15,16)(H,17,22)(H2,18,19,20,23). The molecule has 1 aromatic carbocycles. The van der Waals surface area contributed by atoms with Gasteiger partial charge in [-0.3, -0.25) is 14.9 Å². The number of hydrogen-bond acceptors (Lipinski definition) is 5. The molecule has 0 fully saturated rings. The van der Waals surface area contributed by atoms with E-state index in [-0.39, 0.29) is 11.6 Å². The third-order valence-electron chi connectivity index (χ3n) is 3.18. The van der Waals surface area contributed by atoms with E-state index in [0.29, 0.717) is 5.52 Å². The van der Waals surface area contributed by atoms with E-state index in [1.165, 1.54) is 12.5 Å². The van der Waals surface area contributed by atoms with Crippen LogP contribution in [0.15, 0.2) is 36.8 Å². The van der Waals surface area contributed by atoms with Crippen molar-refractivity contribution in [2.24, 2.45) is 0 Å². The topological polar surface area (TPSA) is 136 Å². The second-order valence-corrected chi connectivity index (χ2v) is 4.77. The molecule has 3 rings (SSSR count). The molecule has 0 aliphatic carbocycles. The van der Waals surface area contributed by atoms with Gasteiger partial charge in [0.15, 0.2) is 0 Å². The van der Waals surface area contributed by atoms with E-state index in [0.717, 1.165) is 5.52 Å². The summed E-state index contributed by atoms with van der Waals surface area (Å²) in [6, 6.07) is 6.18. The molecule has 1 unspecified atom stereocenters.